The first-order chi connectivity index (χ1) is 14.8. The average molecular weight is 390 g/mol. The van der Waals surface area contributed by atoms with Gasteiger partial charge in [-0.15, -0.1) is 0 Å². The van der Waals surface area contributed by atoms with Crippen molar-refractivity contribution < 1.29 is 4.79 Å². The molecule has 0 aliphatic carbocycles. The van der Waals surface area contributed by atoms with E-state index in [1.165, 1.54) is 22.3 Å². The van der Waals surface area contributed by atoms with Crippen LogP contribution in [-0.2, 0) is 17.6 Å². The molecule has 0 saturated heterocycles. The molecule has 30 heavy (non-hydrogen) atoms. The Bertz CT molecular complexity index is 1170. The fourth-order valence-corrected chi connectivity index (χ4v) is 4.10. The number of fused-ring (bicyclic) bond motifs is 1. The van der Waals surface area contributed by atoms with Crippen LogP contribution in [0.1, 0.15) is 11.1 Å². The normalized spacial score (nSPS) is 12.6. The third kappa shape index (κ3) is 3.62. The molecule has 0 N–H and O–H groups in total. The zero-order valence-corrected chi connectivity index (χ0v) is 16.7. The van der Waals surface area contributed by atoms with E-state index in [-0.39, 0.29) is 5.91 Å². The molecule has 0 fully saturated rings. The molecule has 3 nitrogen and oxygen atoms in total. The zero-order valence-electron chi connectivity index (χ0n) is 16.7. The quantitative estimate of drug-likeness (QED) is 0.458. The molecule has 2 heterocycles. The molecule has 3 aromatic carbocycles. The molecule has 4 aromatic rings. The lowest BCUT2D eigenvalue weighted by Crippen LogP contribution is -2.30. The van der Waals surface area contributed by atoms with E-state index in [1.807, 2.05) is 47.6 Å². The summed E-state index contributed by atoms with van der Waals surface area (Å²) in [5.41, 5.74) is 7.99. The molecule has 1 aliphatic heterocycles. The summed E-state index contributed by atoms with van der Waals surface area (Å²) < 4.78 is 0. The van der Waals surface area contributed by atoms with E-state index in [4.69, 9.17) is 0 Å². The summed E-state index contributed by atoms with van der Waals surface area (Å²) in [6.07, 6.45) is 4.93. The van der Waals surface area contributed by atoms with Crippen molar-refractivity contribution in [2.24, 2.45) is 0 Å². The van der Waals surface area contributed by atoms with Gasteiger partial charge in [-0.1, -0.05) is 60.7 Å². The molecule has 146 valence electrons. The molecular weight excluding hydrogens is 368 g/mol. The number of aromatic nitrogens is 1. The van der Waals surface area contributed by atoms with Crippen molar-refractivity contribution in [1.29, 1.82) is 0 Å². The van der Waals surface area contributed by atoms with E-state index in [0.717, 1.165) is 29.8 Å². The maximum atomic E-state index is 13.0. The summed E-state index contributed by atoms with van der Waals surface area (Å²) in [6, 6.07) is 29.0. The minimum atomic E-state index is 0.151. The Morgan fingerprint density at radius 1 is 0.767 bits per heavy atom. The van der Waals surface area contributed by atoms with Crippen LogP contribution in [-0.4, -0.2) is 17.4 Å². The summed E-state index contributed by atoms with van der Waals surface area (Å²) in [4.78, 5) is 19.0. The highest BCUT2D eigenvalue weighted by Gasteiger charge is 2.25. The SMILES string of the molecule is O=C(Cc1ccc(-c2ccccc2)cc1)N1CCc2cc(-c3ccncc3)ccc21. The third-order valence-electron chi connectivity index (χ3n) is 5.71. The van der Waals surface area contributed by atoms with Crippen molar-refractivity contribution in [3.63, 3.8) is 0 Å². The first-order valence-corrected chi connectivity index (χ1v) is 10.3. The highest BCUT2D eigenvalue weighted by molar-refractivity contribution is 5.97. The highest BCUT2D eigenvalue weighted by Crippen LogP contribution is 2.32. The Kier molecular flexibility index (Phi) is 4.86. The van der Waals surface area contributed by atoms with E-state index in [9.17, 15) is 4.79 Å². The molecule has 5 rings (SSSR count). The Morgan fingerprint density at radius 2 is 1.43 bits per heavy atom. The largest absolute Gasteiger partial charge is 0.312 e. The van der Waals surface area contributed by atoms with Gasteiger partial charge < -0.3 is 4.90 Å². The number of nitrogens with zero attached hydrogens (tertiary/aromatic N) is 2. The Labute approximate surface area is 176 Å². The van der Waals surface area contributed by atoms with Crippen LogP contribution in [0.5, 0.6) is 0 Å². The lowest BCUT2D eigenvalue weighted by Gasteiger charge is -2.18. The van der Waals surface area contributed by atoms with Gasteiger partial charge in [-0.05, 0) is 64.1 Å². The van der Waals surface area contributed by atoms with E-state index in [1.54, 1.807) is 0 Å². The minimum Gasteiger partial charge on any atom is -0.312 e. The predicted octanol–water partition coefficient (Wildman–Crippen LogP) is 5.55. The fourth-order valence-electron chi connectivity index (χ4n) is 4.10. The smallest absolute Gasteiger partial charge is 0.231 e. The van der Waals surface area contributed by atoms with Crippen LogP contribution < -0.4 is 4.90 Å². The summed E-state index contributed by atoms with van der Waals surface area (Å²) in [7, 11) is 0. The number of carbonyl (C=O) groups is 1. The van der Waals surface area contributed by atoms with Crippen LogP contribution in [0.2, 0.25) is 0 Å². The Morgan fingerprint density at radius 3 is 2.20 bits per heavy atom. The number of carbonyl (C=O) groups excluding carboxylic acids is 1. The van der Waals surface area contributed by atoms with E-state index in [2.05, 4.69) is 59.6 Å². The van der Waals surface area contributed by atoms with Crippen LogP contribution in [0.4, 0.5) is 5.69 Å². The highest BCUT2D eigenvalue weighted by atomic mass is 16.2. The predicted molar refractivity (Wildman–Crippen MR) is 121 cm³/mol. The first-order valence-electron chi connectivity index (χ1n) is 10.3. The molecule has 1 aliphatic rings. The summed E-state index contributed by atoms with van der Waals surface area (Å²) in [5.74, 6) is 0.151. The van der Waals surface area contributed by atoms with Crippen molar-refractivity contribution in [3.05, 3.63) is 108 Å². The molecule has 3 heteroatoms. The summed E-state index contributed by atoms with van der Waals surface area (Å²) in [6.45, 7) is 0.746. The van der Waals surface area contributed by atoms with Crippen LogP contribution >= 0.6 is 0 Å². The van der Waals surface area contributed by atoms with Crippen LogP contribution in [0.15, 0.2) is 97.3 Å². The number of benzene rings is 3. The first kappa shape index (κ1) is 18.3. The summed E-state index contributed by atoms with van der Waals surface area (Å²) >= 11 is 0. The van der Waals surface area contributed by atoms with Gasteiger partial charge in [0.05, 0.1) is 6.42 Å². The van der Waals surface area contributed by atoms with Crippen molar-refractivity contribution >= 4 is 11.6 Å². The van der Waals surface area contributed by atoms with Crippen molar-refractivity contribution in [2.45, 2.75) is 12.8 Å². The van der Waals surface area contributed by atoms with Crippen LogP contribution in [0.3, 0.4) is 0 Å². The number of anilines is 1. The number of pyridine rings is 1. The number of hydrogen-bond acceptors (Lipinski definition) is 2. The van der Waals surface area contributed by atoms with E-state index in [0.29, 0.717) is 6.42 Å². The maximum Gasteiger partial charge on any atom is 0.231 e. The van der Waals surface area contributed by atoms with Gasteiger partial charge in [0.15, 0.2) is 0 Å². The summed E-state index contributed by atoms with van der Waals surface area (Å²) in [5, 5.41) is 0. The van der Waals surface area contributed by atoms with Gasteiger partial charge in [0, 0.05) is 24.6 Å². The maximum absolute atomic E-state index is 13.0. The van der Waals surface area contributed by atoms with Crippen LogP contribution in [0.25, 0.3) is 22.3 Å². The number of hydrogen-bond donors (Lipinski definition) is 0. The number of rotatable bonds is 4. The molecular formula is C27H22N2O. The second-order valence-corrected chi connectivity index (χ2v) is 7.61. The standard InChI is InChI=1S/C27H22N2O/c30-27(18-20-6-8-22(9-7-20)21-4-2-1-3-5-21)29-17-14-25-19-24(10-11-26(25)29)23-12-15-28-16-13-23/h1-13,15-16,19H,14,17-18H2. The van der Waals surface area contributed by atoms with Gasteiger partial charge >= 0.3 is 0 Å². The molecule has 0 radical (unpaired) electrons. The molecule has 0 saturated carbocycles. The van der Waals surface area contributed by atoms with E-state index < -0.39 is 0 Å². The van der Waals surface area contributed by atoms with Crippen LogP contribution in [0, 0.1) is 0 Å². The molecule has 0 atom stereocenters. The second kappa shape index (κ2) is 7.96. The minimum absolute atomic E-state index is 0.151. The van der Waals surface area contributed by atoms with Gasteiger partial charge in [0.1, 0.15) is 0 Å². The van der Waals surface area contributed by atoms with Gasteiger partial charge in [-0.2, -0.15) is 0 Å². The Hall–Kier alpha value is -3.72. The van der Waals surface area contributed by atoms with Gasteiger partial charge in [-0.25, -0.2) is 0 Å². The molecule has 0 bridgehead atoms. The van der Waals surface area contributed by atoms with Crippen molar-refractivity contribution in [1.82, 2.24) is 4.98 Å². The second-order valence-electron chi connectivity index (χ2n) is 7.61. The van der Waals surface area contributed by atoms with Crippen molar-refractivity contribution in [3.8, 4) is 22.3 Å². The van der Waals surface area contributed by atoms with Crippen molar-refractivity contribution in [2.75, 3.05) is 11.4 Å². The number of amides is 1. The monoisotopic (exact) mass is 390 g/mol. The van der Waals surface area contributed by atoms with E-state index >= 15 is 0 Å². The lowest BCUT2D eigenvalue weighted by atomic mass is 10.0. The average Bonchev–Trinajstić information content (AvgIpc) is 3.24. The fraction of sp³-hybridized carbons (Fsp3) is 0.111. The van der Waals surface area contributed by atoms with Gasteiger partial charge in [0.25, 0.3) is 0 Å². The Balaban J connectivity index is 1.31. The molecule has 0 spiro atoms. The molecule has 1 aromatic heterocycles. The zero-order chi connectivity index (χ0) is 20.3. The van der Waals surface area contributed by atoms with Gasteiger partial charge in [-0.3, -0.25) is 9.78 Å². The van der Waals surface area contributed by atoms with Gasteiger partial charge in [0.2, 0.25) is 5.91 Å². The lowest BCUT2D eigenvalue weighted by molar-refractivity contribution is -0.117. The molecule has 1 amide bonds. The molecule has 0 unspecified atom stereocenters. The topological polar surface area (TPSA) is 33.2 Å². The third-order valence-corrected chi connectivity index (χ3v) is 5.71.